The molecule has 4 nitrogen and oxygen atoms in total. The molecule has 2 aromatic rings. The first kappa shape index (κ1) is 10.4. The number of hydrogen-bond acceptors (Lipinski definition) is 4. The second-order valence-corrected chi connectivity index (χ2v) is 4.24. The lowest BCUT2D eigenvalue weighted by Gasteiger charge is -2.16. The van der Waals surface area contributed by atoms with Crippen LogP contribution in [0.5, 0.6) is 0 Å². The van der Waals surface area contributed by atoms with Gasteiger partial charge in [0.25, 0.3) is 0 Å². The number of rotatable bonds is 2. The first-order chi connectivity index (χ1) is 8.34. The normalized spacial score (nSPS) is 13.4. The lowest BCUT2D eigenvalue weighted by molar-refractivity contribution is 0.855. The molecule has 0 saturated heterocycles. The average Bonchev–Trinajstić information content (AvgIpc) is 2.76. The molecule has 17 heavy (non-hydrogen) atoms. The van der Waals surface area contributed by atoms with Crippen LogP contribution in [-0.4, -0.2) is 16.6 Å². The van der Waals surface area contributed by atoms with Crippen molar-refractivity contribution < 1.29 is 0 Å². The summed E-state index contributed by atoms with van der Waals surface area (Å²) in [7, 11) is 0. The zero-order chi connectivity index (χ0) is 11.7. The van der Waals surface area contributed by atoms with Crippen molar-refractivity contribution in [2.75, 3.05) is 16.9 Å². The zero-order valence-electron chi connectivity index (χ0n) is 9.10. The molecule has 0 aliphatic carbocycles. The van der Waals surface area contributed by atoms with E-state index in [1.165, 1.54) is 11.9 Å². The predicted molar refractivity (Wildman–Crippen MR) is 68.2 cm³/mol. The molecular formula is C12H11ClN4. The van der Waals surface area contributed by atoms with E-state index in [-0.39, 0.29) is 0 Å². The molecule has 0 atom stereocenters. The van der Waals surface area contributed by atoms with Gasteiger partial charge in [-0.25, -0.2) is 9.97 Å². The molecule has 5 heteroatoms. The van der Waals surface area contributed by atoms with Gasteiger partial charge in [0.1, 0.15) is 12.0 Å². The smallest absolute Gasteiger partial charge is 0.158 e. The third kappa shape index (κ3) is 1.91. The quantitative estimate of drug-likeness (QED) is 0.827. The van der Waals surface area contributed by atoms with Gasteiger partial charge in [-0.05, 0) is 5.56 Å². The molecule has 0 amide bonds. The molecule has 0 spiro atoms. The van der Waals surface area contributed by atoms with Gasteiger partial charge in [-0.1, -0.05) is 41.9 Å². The standard InChI is InChI=1S/C12H11ClN4/c13-11-10-12(15-7-14-11)17(8-16-10)6-9-4-2-1-3-5-9/h1-5,7,16H,6,8H2. The fourth-order valence-electron chi connectivity index (χ4n) is 1.93. The first-order valence-corrected chi connectivity index (χ1v) is 5.75. The maximum Gasteiger partial charge on any atom is 0.158 e. The minimum atomic E-state index is 0.477. The summed E-state index contributed by atoms with van der Waals surface area (Å²) >= 11 is 6.00. The lowest BCUT2D eigenvalue weighted by atomic mass is 10.2. The topological polar surface area (TPSA) is 41.1 Å². The fourth-order valence-corrected chi connectivity index (χ4v) is 2.13. The SMILES string of the molecule is Clc1ncnc2c1NCN2Cc1ccccc1. The van der Waals surface area contributed by atoms with Crippen LogP contribution >= 0.6 is 11.6 Å². The van der Waals surface area contributed by atoms with Crippen LogP contribution < -0.4 is 10.2 Å². The van der Waals surface area contributed by atoms with Gasteiger partial charge in [-0.2, -0.15) is 0 Å². The number of hydrogen-bond donors (Lipinski definition) is 1. The Labute approximate surface area is 104 Å². The van der Waals surface area contributed by atoms with Gasteiger partial charge in [0.2, 0.25) is 0 Å². The Bertz CT molecular complexity index is 529. The van der Waals surface area contributed by atoms with Crippen LogP contribution in [0.15, 0.2) is 36.7 Å². The highest BCUT2D eigenvalue weighted by Gasteiger charge is 2.22. The summed E-state index contributed by atoms with van der Waals surface area (Å²) in [6, 6.07) is 10.3. The van der Waals surface area contributed by atoms with Crippen molar-refractivity contribution in [1.82, 2.24) is 9.97 Å². The van der Waals surface area contributed by atoms with Gasteiger partial charge >= 0.3 is 0 Å². The minimum absolute atomic E-state index is 0.477. The second kappa shape index (κ2) is 4.22. The van der Waals surface area contributed by atoms with Crippen molar-refractivity contribution in [1.29, 1.82) is 0 Å². The molecule has 3 rings (SSSR count). The summed E-state index contributed by atoms with van der Waals surface area (Å²) in [6.45, 7) is 1.52. The molecule has 1 aromatic heterocycles. The van der Waals surface area contributed by atoms with E-state index in [0.717, 1.165) is 18.1 Å². The van der Waals surface area contributed by atoms with Gasteiger partial charge in [0.05, 0.1) is 6.67 Å². The summed E-state index contributed by atoms with van der Waals surface area (Å²) in [5.74, 6) is 0.869. The molecule has 1 aromatic carbocycles. The highest BCUT2D eigenvalue weighted by molar-refractivity contribution is 6.32. The summed E-state index contributed by atoms with van der Waals surface area (Å²) in [6.07, 6.45) is 1.49. The number of halogens is 1. The van der Waals surface area contributed by atoms with Gasteiger partial charge < -0.3 is 10.2 Å². The molecule has 0 unspecified atom stereocenters. The summed E-state index contributed by atoms with van der Waals surface area (Å²) in [5.41, 5.74) is 2.07. The number of benzene rings is 1. The molecule has 1 aliphatic heterocycles. The molecule has 0 radical (unpaired) electrons. The zero-order valence-corrected chi connectivity index (χ0v) is 9.85. The minimum Gasteiger partial charge on any atom is -0.362 e. The molecule has 0 bridgehead atoms. The summed E-state index contributed by atoms with van der Waals surface area (Å²) < 4.78 is 0. The van der Waals surface area contributed by atoms with E-state index in [2.05, 4.69) is 32.3 Å². The van der Waals surface area contributed by atoms with E-state index < -0.39 is 0 Å². The lowest BCUT2D eigenvalue weighted by Crippen LogP contribution is -2.22. The van der Waals surface area contributed by atoms with Crippen LogP contribution in [0.1, 0.15) is 5.56 Å². The van der Waals surface area contributed by atoms with Crippen LogP contribution in [0, 0.1) is 0 Å². The highest BCUT2D eigenvalue weighted by Crippen LogP contribution is 2.34. The summed E-state index contributed by atoms with van der Waals surface area (Å²) in [4.78, 5) is 10.4. The Morgan fingerprint density at radius 3 is 2.88 bits per heavy atom. The van der Waals surface area contributed by atoms with E-state index in [9.17, 15) is 0 Å². The number of anilines is 2. The van der Waals surface area contributed by atoms with Crippen LogP contribution in [0.4, 0.5) is 11.5 Å². The Morgan fingerprint density at radius 1 is 1.24 bits per heavy atom. The Balaban J connectivity index is 1.87. The van der Waals surface area contributed by atoms with Crippen molar-refractivity contribution in [2.45, 2.75) is 6.54 Å². The predicted octanol–water partition coefficient (Wildman–Crippen LogP) is 2.52. The van der Waals surface area contributed by atoms with E-state index in [1.807, 2.05) is 18.2 Å². The van der Waals surface area contributed by atoms with Crippen LogP contribution in [-0.2, 0) is 6.54 Å². The Hall–Kier alpha value is -1.81. The molecular weight excluding hydrogens is 236 g/mol. The average molecular weight is 247 g/mol. The van der Waals surface area contributed by atoms with Crippen LogP contribution in [0.2, 0.25) is 5.15 Å². The van der Waals surface area contributed by atoms with E-state index in [4.69, 9.17) is 11.6 Å². The second-order valence-electron chi connectivity index (χ2n) is 3.88. The van der Waals surface area contributed by atoms with Gasteiger partial charge in [0.15, 0.2) is 11.0 Å². The number of nitrogens with zero attached hydrogens (tertiary/aromatic N) is 3. The van der Waals surface area contributed by atoms with E-state index in [1.54, 1.807) is 0 Å². The molecule has 1 aliphatic rings. The van der Waals surface area contributed by atoms with Crippen molar-refractivity contribution >= 4 is 23.1 Å². The number of aromatic nitrogens is 2. The number of fused-ring (bicyclic) bond motifs is 1. The van der Waals surface area contributed by atoms with Crippen molar-refractivity contribution in [3.63, 3.8) is 0 Å². The maximum absolute atomic E-state index is 6.00. The Kier molecular flexibility index (Phi) is 2.57. The molecule has 86 valence electrons. The fraction of sp³-hybridized carbons (Fsp3) is 0.167. The molecule has 1 N–H and O–H groups in total. The molecule has 2 heterocycles. The van der Waals surface area contributed by atoms with Gasteiger partial charge in [0, 0.05) is 6.54 Å². The monoisotopic (exact) mass is 246 g/mol. The van der Waals surface area contributed by atoms with Crippen molar-refractivity contribution in [3.8, 4) is 0 Å². The van der Waals surface area contributed by atoms with Crippen LogP contribution in [0.3, 0.4) is 0 Å². The van der Waals surface area contributed by atoms with Gasteiger partial charge in [-0.15, -0.1) is 0 Å². The van der Waals surface area contributed by atoms with Crippen molar-refractivity contribution in [3.05, 3.63) is 47.4 Å². The third-order valence-corrected chi connectivity index (χ3v) is 3.03. The Morgan fingerprint density at radius 2 is 2.06 bits per heavy atom. The van der Waals surface area contributed by atoms with E-state index >= 15 is 0 Å². The van der Waals surface area contributed by atoms with Crippen molar-refractivity contribution in [2.24, 2.45) is 0 Å². The number of nitrogens with one attached hydrogen (secondary N) is 1. The molecule has 0 saturated carbocycles. The van der Waals surface area contributed by atoms with Crippen LogP contribution in [0.25, 0.3) is 0 Å². The molecule has 0 fully saturated rings. The third-order valence-electron chi connectivity index (χ3n) is 2.74. The van der Waals surface area contributed by atoms with Gasteiger partial charge in [-0.3, -0.25) is 0 Å². The largest absolute Gasteiger partial charge is 0.362 e. The highest BCUT2D eigenvalue weighted by atomic mass is 35.5. The first-order valence-electron chi connectivity index (χ1n) is 5.38. The maximum atomic E-state index is 6.00. The van der Waals surface area contributed by atoms with E-state index in [0.29, 0.717) is 11.8 Å². The summed E-state index contributed by atoms with van der Waals surface area (Å²) in [5, 5.41) is 3.69.